The van der Waals surface area contributed by atoms with E-state index in [1.807, 2.05) is 6.92 Å². The Kier molecular flexibility index (Phi) is 7.61. The van der Waals surface area contributed by atoms with Crippen molar-refractivity contribution in [3.8, 4) is 0 Å². The molecule has 1 atom stereocenters. The van der Waals surface area contributed by atoms with Crippen LogP contribution in [0.2, 0.25) is 0 Å². The molecule has 0 N–H and O–H groups in total. The zero-order chi connectivity index (χ0) is 12.6. The SMILES string of the molecule is CCOC(=O)/C=C(\CC)C(C)CC=C(C)C. The number of esters is 1. The Bertz CT molecular complexity index is 270. The summed E-state index contributed by atoms with van der Waals surface area (Å²) in [5.74, 6) is 0.188. The Balaban J connectivity index is 4.47. The van der Waals surface area contributed by atoms with Crippen molar-refractivity contribution >= 4 is 5.97 Å². The van der Waals surface area contributed by atoms with Crippen molar-refractivity contribution in [3.63, 3.8) is 0 Å². The summed E-state index contributed by atoms with van der Waals surface area (Å²) in [7, 11) is 0. The van der Waals surface area contributed by atoms with Crippen LogP contribution in [0.4, 0.5) is 0 Å². The van der Waals surface area contributed by atoms with Crippen LogP contribution in [0.1, 0.15) is 47.5 Å². The summed E-state index contributed by atoms with van der Waals surface area (Å²) in [6, 6.07) is 0. The second-order valence-corrected chi connectivity index (χ2v) is 4.24. The Morgan fingerprint density at radius 2 is 1.94 bits per heavy atom. The third-order valence-corrected chi connectivity index (χ3v) is 2.51. The predicted molar refractivity (Wildman–Crippen MR) is 68.2 cm³/mol. The highest BCUT2D eigenvalue weighted by Crippen LogP contribution is 2.19. The number of carbonyl (C=O) groups is 1. The number of allylic oxidation sites excluding steroid dienone is 3. The van der Waals surface area contributed by atoms with Gasteiger partial charge in [0.05, 0.1) is 6.61 Å². The highest BCUT2D eigenvalue weighted by Gasteiger charge is 2.08. The minimum Gasteiger partial charge on any atom is -0.463 e. The van der Waals surface area contributed by atoms with Crippen LogP contribution in [0.15, 0.2) is 23.3 Å². The maximum absolute atomic E-state index is 11.3. The van der Waals surface area contributed by atoms with Gasteiger partial charge in [-0.25, -0.2) is 4.79 Å². The van der Waals surface area contributed by atoms with Crippen LogP contribution in [-0.2, 0) is 9.53 Å². The van der Waals surface area contributed by atoms with Crippen LogP contribution < -0.4 is 0 Å². The lowest BCUT2D eigenvalue weighted by molar-refractivity contribution is -0.137. The molecular weight excluding hydrogens is 200 g/mol. The molecule has 0 spiro atoms. The van der Waals surface area contributed by atoms with Crippen molar-refractivity contribution < 1.29 is 9.53 Å². The number of hydrogen-bond acceptors (Lipinski definition) is 2. The lowest BCUT2D eigenvalue weighted by Crippen LogP contribution is -2.05. The Morgan fingerprint density at radius 1 is 1.31 bits per heavy atom. The lowest BCUT2D eigenvalue weighted by Gasteiger charge is -2.12. The van der Waals surface area contributed by atoms with E-state index in [0.29, 0.717) is 12.5 Å². The van der Waals surface area contributed by atoms with Crippen molar-refractivity contribution in [1.29, 1.82) is 0 Å². The smallest absolute Gasteiger partial charge is 0.330 e. The van der Waals surface area contributed by atoms with Crippen LogP contribution >= 0.6 is 0 Å². The first-order chi connectivity index (χ1) is 7.51. The van der Waals surface area contributed by atoms with E-state index in [1.165, 1.54) is 5.57 Å². The maximum Gasteiger partial charge on any atom is 0.330 e. The largest absolute Gasteiger partial charge is 0.463 e. The first-order valence-corrected chi connectivity index (χ1v) is 6.01. The first-order valence-electron chi connectivity index (χ1n) is 6.01. The first kappa shape index (κ1) is 14.9. The maximum atomic E-state index is 11.3. The topological polar surface area (TPSA) is 26.3 Å². The van der Waals surface area contributed by atoms with Crippen molar-refractivity contribution in [2.24, 2.45) is 5.92 Å². The predicted octanol–water partition coefficient (Wildman–Crippen LogP) is 3.88. The van der Waals surface area contributed by atoms with E-state index >= 15 is 0 Å². The molecule has 0 aromatic carbocycles. The minimum atomic E-state index is -0.219. The van der Waals surface area contributed by atoms with Crippen molar-refractivity contribution in [2.75, 3.05) is 6.61 Å². The van der Waals surface area contributed by atoms with Crippen molar-refractivity contribution in [3.05, 3.63) is 23.3 Å². The van der Waals surface area contributed by atoms with Crippen LogP contribution in [0, 0.1) is 5.92 Å². The molecule has 0 saturated carbocycles. The number of hydrogen-bond donors (Lipinski definition) is 0. The van der Waals surface area contributed by atoms with E-state index in [0.717, 1.165) is 18.4 Å². The van der Waals surface area contributed by atoms with Gasteiger partial charge in [0.2, 0.25) is 0 Å². The third kappa shape index (κ3) is 6.44. The van der Waals surface area contributed by atoms with Crippen LogP contribution in [0.5, 0.6) is 0 Å². The molecule has 1 unspecified atom stereocenters. The lowest BCUT2D eigenvalue weighted by atomic mass is 9.94. The molecule has 0 rings (SSSR count). The highest BCUT2D eigenvalue weighted by molar-refractivity contribution is 5.82. The fourth-order valence-corrected chi connectivity index (χ4v) is 1.49. The molecule has 0 heterocycles. The summed E-state index contributed by atoms with van der Waals surface area (Å²) in [6.07, 6.45) is 5.74. The van der Waals surface area contributed by atoms with Gasteiger partial charge in [-0.2, -0.15) is 0 Å². The van der Waals surface area contributed by atoms with Gasteiger partial charge >= 0.3 is 5.97 Å². The Labute approximate surface area is 99.4 Å². The van der Waals surface area contributed by atoms with Crippen molar-refractivity contribution in [2.45, 2.75) is 47.5 Å². The van der Waals surface area contributed by atoms with Crippen LogP contribution in [0.25, 0.3) is 0 Å². The van der Waals surface area contributed by atoms with E-state index in [9.17, 15) is 4.79 Å². The van der Waals surface area contributed by atoms with Gasteiger partial charge in [0.25, 0.3) is 0 Å². The van der Waals surface area contributed by atoms with Gasteiger partial charge in [0, 0.05) is 6.08 Å². The molecule has 0 radical (unpaired) electrons. The van der Waals surface area contributed by atoms with E-state index < -0.39 is 0 Å². The molecular formula is C14H24O2. The average molecular weight is 224 g/mol. The standard InChI is InChI=1S/C14H24O2/c1-6-13(10-14(15)16-7-2)12(5)9-8-11(3)4/h8,10,12H,6-7,9H2,1-5H3/b13-10+. The summed E-state index contributed by atoms with van der Waals surface area (Å²) in [4.78, 5) is 11.3. The molecule has 0 amide bonds. The molecule has 92 valence electrons. The molecule has 0 aromatic heterocycles. The zero-order valence-electron chi connectivity index (χ0n) is 11.2. The molecule has 2 heteroatoms. The van der Waals surface area contributed by atoms with E-state index in [4.69, 9.17) is 4.74 Å². The van der Waals surface area contributed by atoms with E-state index in [2.05, 4.69) is 33.8 Å². The number of ether oxygens (including phenoxy) is 1. The average Bonchev–Trinajstić information content (AvgIpc) is 2.22. The number of rotatable bonds is 6. The second kappa shape index (κ2) is 8.14. The minimum absolute atomic E-state index is 0.219. The van der Waals surface area contributed by atoms with Gasteiger partial charge in [-0.05, 0) is 39.5 Å². The molecule has 0 aliphatic rings. The normalized spacial score (nSPS) is 13.2. The van der Waals surface area contributed by atoms with Gasteiger partial charge in [-0.3, -0.25) is 0 Å². The molecule has 0 aromatic rings. The summed E-state index contributed by atoms with van der Waals surface area (Å²) in [5.41, 5.74) is 2.48. The molecule has 0 bridgehead atoms. The summed E-state index contributed by atoms with van der Waals surface area (Å²) < 4.78 is 4.92. The molecule has 2 nitrogen and oxygen atoms in total. The summed E-state index contributed by atoms with van der Waals surface area (Å²) >= 11 is 0. The molecule has 0 aliphatic heterocycles. The van der Waals surface area contributed by atoms with E-state index in [-0.39, 0.29) is 5.97 Å². The van der Waals surface area contributed by atoms with Crippen LogP contribution in [0.3, 0.4) is 0 Å². The van der Waals surface area contributed by atoms with Crippen LogP contribution in [-0.4, -0.2) is 12.6 Å². The van der Waals surface area contributed by atoms with Gasteiger partial charge in [-0.15, -0.1) is 0 Å². The molecule has 0 fully saturated rings. The Morgan fingerprint density at radius 3 is 2.38 bits per heavy atom. The van der Waals surface area contributed by atoms with Gasteiger partial charge in [-0.1, -0.05) is 31.1 Å². The molecule has 0 aliphatic carbocycles. The quantitative estimate of drug-likeness (QED) is 0.389. The second-order valence-electron chi connectivity index (χ2n) is 4.24. The summed E-state index contributed by atoms with van der Waals surface area (Å²) in [5, 5.41) is 0. The highest BCUT2D eigenvalue weighted by atomic mass is 16.5. The Hall–Kier alpha value is -1.05. The summed E-state index contributed by atoms with van der Waals surface area (Å²) in [6.45, 7) is 10.7. The van der Waals surface area contributed by atoms with Gasteiger partial charge < -0.3 is 4.74 Å². The fourth-order valence-electron chi connectivity index (χ4n) is 1.49. The van der Waals surface area contributed by atoms with E-state index in [1.54, 1.807) is 6.08 Å². The number of carbonyl (C=O) groups excluding carboxylic acids is 1. The van der Waals surface area contributed by atoms with Gasteiger partial charge in [0.15, 0.2) is 0 Å². The zero-order valence-corrected chi connectivity index (χ0v) is 11.2. The van der Waals surface area contributed by atoms with Gasteiger partial charge in [0.1, 0.15) is 0 Å². The fraction of sp³-hybridized carbons (Fsp3) is 0.643. The monoisotopic (exact) mass is 224 g/mol. The van der Waals surface area contributed by atoms with Crippen molar-refractivity contribution in [1.82, 2.24) is 0 Å². The molecule has 16 heavy (non-hydrogen) atoms. The third-order valence-electron chi connectivity index (χ3n) is 2.51. The molecule has 0 saturated heterocycles.